The van der Waals surface area contributed by atoms with E-state index in [-0.39, 0.29) is 12.3 Å². The number of carbonyl (C=O) groups excluding carboxylic acids is 1. The molecule has 0 atom stereocenters. The molecule has 2 aromatic rings. The molecule has 0 bridgehead atoms. The number of methoxy groups -OCH3 is 1. The molecule has 0 unspecified atom stereocenters. The quantitative estimate of drug-likeness (QED) is 0.890. The highest BCUT2D eigenvalue weighted by Gasteiger charge is 2.06. The molecule has 0 spiro atoms. The maximum atomic E-state index is 11.9. The lowest BCUT2D eigenvalue weighted by atomic mass is 10.1. The number of benzene rings is 1. The summed E-state index contributed by atoms with van der Waals surface area (Å²) in [6, 6.07) is 9.33. The summed E-state index contributed by atoms with van der Waals surface area (Å²) >= 11 is 0. The molecular formula is C17H20N2O3. The van der Waals surface area contributed by atoms with Gasteiger partial charge in [-0.25, -0.2) is 4.98 Å². The van der Waals surface area contributed by atoms with Crippen LogP contribution in [-0.4, -0.2) is 24.6 Å². The van der Waals surface area contributed by atoms with Crippen LogP contribution in [0.1, 0.15) is 17.5 Å². The van der Waals surface area contributed by atoms with Crippen LogP contribution in [0.2, 0.25) is 0 Å². The largest absolute Gasteiger partial charge is 0.493 e. The highest BCUT2D eigenvalue weighted by Crippen LogP contribution is 2.20. The molecule has 22 heavy (non-hydrogen) atoms. The lowest BCUT2D eigenvalue weighted by molar-refractivity contribution is -0.116. The van der Waals surface area contributed by atoms with Crippen molar-refractivity contribution in [2.75, 3.05) is 19.0 Å². The van der Waals surface area contributed by atoms with Crippen LogP contribution in [0.4, 0.5) is 5.69 Å². The summed E-state index contributed by atoms with van der Waals surface area (Å²) < 4.78 is 10.6. The van der Waals surface area contributed by atoms with E-state index >= 15 is 0 Å². The Morgan fingerprint density at radius 1 is 1.23 bits per heavy atom. The number of aromatic nitrogens is 1. The fourth-order valence-electron chi connectivity index (χ4n) is 1.93. The molecule has 0 radical (unpaired) electrons. The second kappa shape index (κ2) is 7.45. The Kier molecular flexibility index (Phi) is 5.36. The monoisotopic (exact) mass is 300 g/mol. The molecule has 0 saturated heterocycles. The number of anilines is 1. The molecule has 1 heterocycles. The van der Waals surface area contributed by atoms with Crippen molar-refractivity contribution < 1.29 is 14.3 Å². The van der Waals surface area contributed by atoms with Crippen molar-refractivity contribution in [3.05, 3.63) is 47.7 Å². The van der Waals surface area contributed by atoms with Gasteiger partial charge < -0.3 is 14.8 Å². The molecule has 116 valence electrons. The van der Waals surface area contributed by atoms with Gasteiger partial charge in [0.05, 0.1) is 32.0 Å². The number of pyridine rings is 1. The fourth-order valence-corrected chi connectivity index (χ4v) is 1.93. The van der Waals surface area contributed by atoms with Crippen LogP contribution in [0.3, 0.4) is 0 Å². The second-order valence-corrected chi connectivity index (χ2v) is 4.93. The van der Waals surface area contributed by atoms with Gasteiger partial charge in [0.1, 0.15) is 5.75 Å². The van der Waals surface area contributed by atoms with E-state index in [1.54, 1.807) is 25.4 Å². The summed E-state index contributed by atoms with van der Waals surface area (Å²) in [4.78, 5) is 15.9. The maximum absolute atomic E-state index is 11.9. The maximum Gasteiger partial charge on any atom is 0.227 e. The first-order valence-electron chi connectivity index (χ1n) is 7.09. The van der Waals surface area contributed by atoms with Crippen molar-refractivity contribution in [2.24, 2.45) is 0 Å². The molecule has 0 aliphatic carbocycles. The van der Waals surface area contributed by atoms with Crippen LogP contribution in [0, 0.1) is 13.8 Å². The number of carbonyl (C=O) groups is 1. The Labute approximate surface area is 130 Å². The number of rotatable bonds is 6. The third kappa shape index (κ3) is 4.22. The SMILES string of the molecule is COc1ccc(NC(=O)CCOc2cccc(C)c2C)cn1. The van der Waals surface area contributed by atoms with Crippen LogP contribution < -0.4 is 14.8 Å². The summed E-state index contributed by atoms with van der Waals surface area (Å²) in [7, 11) is 1.55. The first kappa shape index (κ1) is 15.8. The van der Waals surface area contributed by atoms with Gasteiger partial charge in [0, 0.05) is 6.07 Å². The average Bonchev–Trinajstić information content (AvgIpc) is 2.52. The van der Waals surface area contributed by atoms with Gasteiger partial charge in [-0.05, 0) is 37.1 Å². The van der Waals surface area contributed by atoms with E-state index in [1.807, 2.05) is 32.0 Å². The molecule has 0 aliphatic heterocycles. The smallest absolute Gasteiger partial charge is 0.227 e. The first-order chi connectivity index (χ1) is 10.6. The van der Waals surface area contributed by atoms with Crippen molar-refractivity contribution in [1.82, 2.24) is 4.98 Å². The topological polar surface area (TPSA) is 60.5 Å². The number of hydrogen-bond donors (Lipinski definition) is 1. The van der Waals surface area contributed by atoms with Gasteiger partial charge in [-0.1, -0.05) is 12.1 Å². The molecule has 2 rings (SSSR count). The summed E-state index contributed by atoms with van der Waals surface area (Å²) in [6.07, 6.45) is 1.84. The lowest BCUT2D eigenvalue weighted by Crippen LogP contribution is -2.15. The number of nitrogens with one attached hydrogen (secondary N) is 1. The summed E-state index contributed by atoms with van der Waals surface area (Å²) in [6.45, 7) is 4.37. The third-order valence-electron chi connectivity index (χ3n) is 3.37. The molecule has 1 aromatic heterocycles. The number of ether oxygens (including phenoxy) is 2. The summed E-state index contributed by atoms with van der Waals surface area (Å²) in [5, 5.41) is 2.77. The van der Waals surface area contributed by atoms with Crippen LogP contribution in [0.15, 0.2) is 36.5 Å². The number of hydrogen-bond acceptors (Lipinski definition) is 4. The van der Waals surface area contributed by atoms with E-state index in [9.17, 15) is 4.79 Å². The van der Waals surface area contributed by atoms with E-state index in [0.717, 1.165) is 11.3 Å². The highest BCUT2D eigenvalue weighted by atomic mass is 16.5. The Morgan fingerprint density at radius 2 is 2.05 bits per heavy atom. The summed E-state index contributed by atoms with van der Waals surface area (Å²) in [5.41, 5.74) is 2.91. The zero-order valence-corrected chi connectivity index (χ0v) is 13.1. The van der Waals surface area contributed by atoms with Crippen molar-refractivity contribution >= 4 is 11.6 Å². The third-order valence-corrected chi connectivity index (χ3v) is 3.37. The number of aryl methyl sites for hydroxylation is 1. The van der Waals surface area contributed by atoms with Gasteiger partial charge in [-0.15, -0.1) is 0 Å². The Morgan fingerprint density at radius 3 is 2.73 bits per heavy atom. The van der Waals surface area contributed by atoms with Crippen LogP contribution in [0.25, 0.3) is 0 Å². The fraction of sp³-hybridized carbons (Fsp3) is 0.294. The van der Waals surface area contributed by atoms with E-state index in [2.05, 4.69) is 10.3 Å². The molecule has 1 amide bonds. The van der Waals surface area contributed by atoms with Crippen molar-refractivity contribution in [2.45, 2.75) is 20.3 Å². The lowest BCUT2D eigenvalue weighted by Gasteiger charge is -2.11. The number of amides is 1. The molecule has 0 fully saturated rings. The minimum absolute atomic E-state index is 0.114. The van der Waals surface area contributed by atoms with Gasteiger partial charge in [0.25, 0.3) is 0 Å². The molecule has 0 aliphatic rings. The second-order valence-electron chi connectivity index (χ2n) is 4.93. The number of nitrogens with zero attached hydrogens (tertiary/aromatic N) is 1. The van der Waals surface area contributed by atoms with Crippen molar-refractivity contribution in [3.63, 3.8) is 0 Å². The Balaban J connectivity index is 1.81. The zero-order valence-electron chi connectivity index (χ0n) is 13.1. The molecular weight excluding hydrogens is 280 g/mol. The van der Waals surface area contributed by atoms with E-state index in [0.29, 0.717) is 18.2 Å². The van der Waals surface area contributed by atoms with Gasteiger partial charge >= 0.3 is 0 Å². The van der Waals surface area contributed by atoms with E-state index in [4.69, 9.17) is 9.47 Å². The van der Waals surface area contributed by atoms with E-state index in [1.165, 1.54) is 5.56 Å². The normalized spacial score (nSPS) is 10.1. The minimum Gasteiger partial charge on any atom is -0.493 e. The molecule has 1 N–H and O–H groups in total. The van der Waals surface area contributed by atoms with Gasteiger partial charge in [0.15, 0.2) is 0 Å². The van der Waals surface area contributed by atoms with Gasteiger partial charge in [-0.2, -0.15) is 0 Å². The predicted octanol–water partition coefficient (Wildman–Crippen LogP) is 3.11. The Bertz CT molecular complexity index is 639. The molecule has 5 heteroatoms. The minimum atomic E-state index is -0.114. The Hall–Kier alpha value is -2.56. The van der Waals surface area contributed by atoms with Gasteiger partial charge in [0.2, 0.25) is 11.8 Å². The van der Waals surface area contributed by atoms with E-state index < -0.39 is 0 Å². The molecule has 0 saturated carbocycles. The zero-order chi connectivity index (χ0) is 15.9. The molecule has 1 aromatic carbocycles. The summed E-state index contributed by atoms with van der Waals surface area (Å²) in [5.74, 6) is 1.22. The predicted molar refractivity (Wildman–Crippen MR) is 85.4 cm³/mol. The van der Waals surface area contributed by atoms with Crippen LogP contribution in [0.5, 0.6) is 11.6 Å². The highest BCUT2D eigenvalue weighted by molar-refractivity contribution is 5.90. The van der Waals surface area contributed by atoms with Gasteiger partial charge in [-0.3, -0.25) is 4.79 Å². The first-order valence-corrected chi connectivity index (χ1v) is 7.09. The van der Waals surface area contributed by atoms with Crippen molar-refractivity contribution in [1.29, 1.82) is 0 Å². The average molecular weight is 300 g/mol. The van der Waals surface area contributed by atoms with Crippen LogP contribution >= 0.6 is 0 Å². The van der Waals surface area contributed by atoms with Crippen molar-refractivity contribution in [3.8, 4) is 11.6 Å². The standard InChI is InChI=1S/C17H20N2O3/c1-12-5-4-6-15(13(12)2)22-10-9-16(20)19-14-7-8-17(21-3)18-11-14/h4-8,11H,9-10H2,1-3H3,(H,19,20). The van der Waals surface area contributed by atoms with Crippen LogP contribution in [-0.2, 0) is 4.79 Å². The molecule has 5 nitrogen and oxygen atoms in total.